The number of benzene rings is 1. The molecular formula is C14H19BrF2O2. The Labute approximate surface area is 120 Å². The Hall–Kier alpha value is -0.520. The van der Waals surface area contributed by atoms with E-state index in [1.54, 1.807) is 0 Å². The standard InChI is InChI=1S/C14H19BrF2O2/c1-9(2)5-14(7-18,8-19)6-10-12(16)4-3-11(15)13(10)17/h3-4,9,18-19H,5-8H2,1-2H3. The molecule has 2 N–H and O–H groups in total. The van der Waals surface area contributed by atoms with Crippen molar-refractivity contribution in [3.05, 3.63) is 33.8 Å². The van der Waals surface area contributed by atoms with E-state index in [1.165, 1.54) is 12.1 Å². The van der Waals surface area contributed by atoms with Crippen molar-refractivity contribution < 1.29 is 19.0 Å². The van der Waals surface area contributed by atoms with E-state index in [4.69, 9.17) is 0 Å². The van der Waals surface area contributed by atoms with Gasteiger partial charge >= 0.3 is 0 Å². The highest BCUT2D eigenvalue weighted by molar-refractivity contribution is 9.10. The Morgan fingerprint density at radius 1 is 1.21 bits per heavy atom. The van der Waals surface area contributed by atoms with Gasteiger partial charge in [-0.05, 0) is 46.8 Å². The monoisotopic (exact) mass is 336 g/mol. The quantitative estimate of drug-likeness (QED) is 0.782. The van der Waals surface area contributed by atoms with Crippen LogP contribution in [0.4, 0.5) is 8.78 Å². The maximum Gasteiger partial charge on any atom is 0.143 e. The minimum atomic E-state index is -0.906. The van der Waals surface area contributed by atoms with Gasteiger partial charge in [-0.15, -0.1) is 0 Å². The van der Waals surface area contributed by atoms with E-state index in [1.807, 2.05) is 13.8 Å². The number of rotatable bonds is 6. The van der Waals surface area contributed by atoms with E-state index in [9.17, 15) is 19.0 Å². The molecule has 108 valence electrons. The summed E-state index contributed by atoms with van der Waals surface area (Å²) in [6.45, 7) is 3.25. The second-order valence-electron chi connectivity index (χ2n) is 5.41. The van der Waals surface area contributed by atoms with Crippen LogP contribution in [0.5, 0.6) is 0 Å². The van der Waals surface area contributed by atoms with E-state index in [2.05, 4.69) is 15.9 Å². The summed E-state index contributed by atoms with van der Waals surface area (Å²) < 4.78 is 27.9. The summed E-state index contributed by atoms with van der Waals surface area (Å²) >= 11 is 3.02. The lowest BCUT2D eigenvalue weighted by Crippen LogP contribution is -2.34. The summed E-state index contributed by atoms with van der Waals surface area (Å²) in [6.07, 6.45) is 0.459. The highest BCUT2D eigenvalue weighted by atomic mass is 79.9. The van der Waals surface area contributed by atoms with Crippen LogP contribution in [0.2, 0.25) is 0 Å². The fourth-order valence-electron chi connectivity index (χ4n) is 2.34. The average Bonchev–Trinajstić information content (AvgIpc) is 2.37. The Bertz CT molecular complexity index is 432. The molecule has 0 radical (unpaired) electrons. The predicted molar refractivity (Wildman–Crippen MR) is 73.8 cm³/mol. The smallest absolute Gasteiger partial charge is 0.143 e. The van der Waals surface area contributed by atoms with Crippen LogP contribution in [-0.2, 0) is 6.42 Å². The first-order valence-corrected chi connectivity index (χ1v) is 6.98. The van der Waals surface area contributed by atoms with Crippen LogP contribution in [0.25, 0.3) is 0 Å². The van der Waals surface area contributed by atoms with Gasteiger partial charge in [0.05, 0.1) is 17.7 Å². The fraction of sp³-hybridized carbons (Fsp3) is 0.571. The first-order chi connectivity index (χ1) is 8.85. The van der Waals surface area contributed by atoms with E-state index in [0.29, 0.717) is 6.42 Å². The zero-order chi connectivity index (χ0) is 14.6. The maximum atomic E-state index is 14.0. The third-order valence-corrected chi connectivity index (χ3v) is 3.82. The van der Waals surface area contributed by atoms with Crippen LogP contribution < -0.4 is 0 Å². The lowest BCUT2D eigenvalue weighted by atomic mass is 9.76. The molecule has 5 heteroatoms. The maximum absolute atomic E-state index is 14.0. The van der Waals surface area contributed by atoms with Crippen LogP contribution >= 0.6 is 15.9 Å². The molecule has 1 aromatic carbocycles. The van der Waals surface area contributed by atoms with Gasteiger partial charge in [0.1, 0.15) is 11.6 Å². The van der Waals surface area contributed by atoms with Crippen molar-refractivity contribution in [1.29, 1.82) is 0 Å². The molecule has 0 amide bonds. The summed E-state index contributed by atoms with van der Waals surface area (Å²) in [5.74, 6) is -1.12. The summed E-state index contributed by atoms with van der Waals surface area (Å²) in [5.41, 5.74) is -1.01. The first kappa shape index (κ1) is 16.5. The molecule has 1 rings (SSSR count). The molecule has 0 atom stereocenters. The largest absolute Gasteiger partial charge is 0.396 e. The zero-order valence-corrected chi connectivity index (χ0v) is 12.7. The number of hydrogen-bond donors (Lipinski definition) is 2. The molecule has 0 spiro atoms. The molecule has 0 aliphatic heterocycles. The minimum absolute atomic E-state index is 0.0325. The lowest BCUT2D eigenvalue weighted by Gasteiger charge is -2.32. The summed E-state index contributed by atoms with van der Waals surface area (Å²) in [5, 5.41) is 19.0. The molecule has 0 saturated carbocycles. The van der Waals surface area contributed by atoms with Crippen molar-refractivity contribution in [2.45, 2.75) is 26.7 Å². The third kappa shape index (κ3) is 3.97. The molecule has 2 nitrogen and oxygen atoms in total. The number of halogens is 3. The number of aliphatic hydroxyl groups is 2. The molecule has 1 aromatic rings. The normalized spacial score (nSPS) is 12.2. The molecule has 0 aromatic heterocycles. The van der Waals surface area contributed by atoms with Gasteiger partial charge in [-0.3, -0.25) is 0 Å². The Kier molecular flexibility index (Phi) is 5.89. The van der Waals surface area contributed by atoms with Gasteiger partial charge < -0.3 is 10.2 Å². The Morgan fingerprint density at radius 3 is 2.26 bits per heavy atom. The highest BCUT2D eigenvalue weighted by Crippen LogP contribution is 2.33. The Balaban J connectivity index is 3.13. The van der Waals surface area contributed by atoms with Gasteiger partial charge in [0.15, 0.2) is 0 Å². The van der Waals surface area contributed by atoms with Crippen LogP contribution in [0.1, 0.15) is 25.8 Å². The van der Waals surface area contributed by atoms with Crippen molar-refractivity contribution in [3.63, 3.8) is 0 Å². The SMILES string of the molecule is CC(C)CC(CO)(CO)Cc1c(F)ccc(Br)c1F. The van der Waals surface area contributed by atoms with Gasteiger partial charge in [-0.25, -0.2) is 8.78 Å². The van der Waals surface area contributed by atoms with Gasteiger partial charge in [-0.1, -0.05) is 13.8 Å². The molecule has 0 aliphatic carbocycles. The summed E-state index contributed by atoms with van der Waals surface area (Å²) in [6, 6.07) is 2.48. The van der Waals surface area contributed by atoms with Crippen molar-refractivity contribution in [2.75, 3.05) is 13.2 Å². The molecule has 19 heavy (non-hydrogen) atoms. The van der Waals surface area contributed by atoms with Crippen molar-refractivity contribution in [3.8, 4) is 0 Å². The zero-order valence-electron chi connectivity index (χ0n) is 11.1. The number of hydrogen-bond acceptors (Lipinski definition) is 2. The lowest BCUT2D eigenvalue weighted by molar-refractivity contribution is 0.0356. The van der Waals surface area contributed by atoms with Crippen molar-refractivity contribution >= 4 is 15.9 Å². The molecule has 0 saturated heterocycles. The summed E-state index contributed by atoms with van der Waals surface area (Å²) in [4.78, 5) is 0. The summed E-state index contributed by atoms with van der Waals surface area (Å²) in [7, 11) is 0. The van der Waals surface area contributed by atoms with Gasteiger partial charge in [0.25, 0.3) is 0 Å². The van der Waals surface area contributed by atoms with Crippen LogP contribution in [0.15, 0.2) is 16.6 Å². The van der Waals surface area contributed by atoms with E-state index in [0.717, 1.165) is 0 Å². The van der Waals surface area contributed by atoms with Crippen molar-refractivity contribution in [2.24, 2.45) is 11.3 Å². The van der Waals surface area contributed by atoms with Crippen LogP contribution in [0.3, 0.4) is 0 Å². The fourth-order valence-corrected chi connectivity index (χ4v) is 2.71. The first-order valence-electron chi connectivity index (χ1n) is 6.19. The third-order valence-electron chi connectivity index (χ3n) is 3.20. The van der Waals surface area contributed by atoms with Crippen LogP contribution in [0, 0.1) is 23.0 Å². The molecule has 0 unspecified atom stereocenters. The topological polar surface area (TPSA) is 40.5 Å². The van der Waals surface area contributed by atoms with Gasteiger partial charge in [0.2, 0.25) is 0 Å². The average molecular weight is 337 g/mol. The van der Waals surface area contributed by atoms with Gasteiger partial charge in [0, 0.05) is 11.0 Å². The second-order valence-corrected chi connectivity index (χ2v) is 6.27. The molecule has 0 heterocycles. The highest BCUT2D eigenvalue weighted by Gasteiger charge is 2.32. The molecule has 0 aliphatic rings. The van der Waals surface area contributed by atoms with Crippen LogP contribution in [-0.4, -0.2) is 23.4 Å². The van der Waals surface area contributed by atoms with E-state index < -0.39 is 17.0 Å². The molecular weight excluding hydrogens is 318 g/mol. The second kappa shape index (κ2) is 6.77. The molecule has 0 bridgehead atoms. The number of aliphatic hydroxyl groups excluding tert-OH is 2. The van der Waals surface area contributed by atoms with Crippen molar-refractivity contribution in [1.82, 2.24) is 0 Å². The van der Waals surface area contributed by atoms with E-state index >= 15 is 0 Å². The predicted octanol–water partition coefficient (Wildman–Crippen LogP) is 3.29. The minimum Gasteiger partial charge on any atom is -0.396 e. The van der Waals surface area contributed by atoms with E-state index in [-0.39, 0.29) is 35.6 Å². The Morgan fingerprint density at radius 2 is 1.79 bits per heavy atom. The van der Waals surface area contributed by atoms with Gasteiger partial charge in [-0.2, -0.15) is 0 Å². The molecule has 0 fully saturated rings.